The minimum absolute atomic E-state index is 0.00204. The number of nitriles is 2. The number of nitrogens with zero attached hydrogens (tertiary/aromatic N) is 3. The third kappa shape index (κ3) is 4.57. The number of rotatable bonds is 5. The van der Waals surface area contributed by atoms with Crippen molar-refractivity contribution in [3.05, 3.63) is 46.6 Å². The first-order valence-electron chi connectivity index (χ1n) is 12.5. The zero-order valence-corrected chi connectivity index (χ0v) is 22.0. The number of carbonyl (C=O) groups is 2. The Bertz CT molecular complexity index is 1340. The first-order valence-corrected chi connectivity index (χ1v) is 13.3. The molecule has 1 aromatic carbocycles. The lowest BCUT2D eigenvalue weighted by Crippen LogP contribution is -2.56. The second-order valence-corrected chi connectivity index (χ2v) is 12.4. The Balaban J connectivity index is 1.30. The van der Waals surface area contributed by atoms with E-state index in [1.807, 2.05) is 0 Å². The van der Waals surface area contributed by atoms with Crippen LogP contribution in [0.4, 0.5) is 9.18 Å². The molecule has 5 rings (SSSR count). The maximum absolute atomic E-state index is 15.0. The van der Waals surface area contributed by atoms with Crippen molar-refractivity contribution in [2.45, 2.75) is 64.3 Å². The molecule has 0 radical (unpaired) electrons. The zero-order chi connectivity index (χ0) is 26.6. The predicted octanol–water partition coefficient (Wildman–Crippen LogP) is 4.87. The van der Waals surface area contributed by atoms with Gasteiger partial charge in [-0.25, -0.2) is 9.18 Å². The molecule has 1 aliphatic heterocycles. The minimum Gasteiger partial charge on any atom is -0.444 e. The summed E-state index contributed by atoms with van der Waals surface area (Å²) in [6.45, 7) is 7.54. The molecule has 3 aliphatic rings. The van der Waals surface area contributed by atoms with Crippen LogP contribution in [0.5, 0.6) is 0 Å². The molecule has 2 amide bonds. The van der Waals surface area contributed by atoms with Crippen molar-refractivity contribution in [1.29, 1.82) is 10.5 Å². The van der Waals surface area contributed by atoms with E-state index in [4.69, 9.17) is 10.00 Å². The van der Waals surface area contributed by atoms with Crippen molar-refractivity contribution in [3.8, 4) is 22.6 Å². The molecule has 3 fully saturated rings. The standard InChI is InChI=1S/C28H29FN4O3S/c1-14-23-19-11-21(24(14)23)33(27(35)36-28(2,3)4)25(19)26(34)32-17(12-30)9-15-5-6-16(10-20(15)29)22-8-7-18(13-31)37-22/h5-8,10,14,17,19,21,23-25H,9,11H2,1-4H3,(H,32,34)/t14-,17-,19+,21-,23?,24?,25-/m0/s1. The first kappa shape index (κ1) is 25.2. The quantitative estimate of drug-likeness (QED) is 0.606. The van der Waals surface area contributed by atoms with E-state index >= 15 is 0 Å². The smallest absolute Gasteiger partial charge is 0.411 e. The molecule has 1 aromatic heterocycles. The maximum Gasteiger partial charge on any atom is 0.411 e. The lowest BCUT2D eigenvalue weighted by molar-refractivity contribution is -0.128. The highest BCUT2D eigenvalue weighted by Gasteiger charge is 2.71. The van der Waals surface area contributed by atoms with Gasteiger partial charge in [-0.15, -0.1) is 11.3 Å². The molecule has 2 saturated carbocycles. The summed E-state index contributed by atoms with van der Waals surface area (Å²) in [5, 5.41) is 21.6. The normalized spacial score (nSPS) is 28.1. The van der Waals surface area contributed by atoms with Crippen LogP contribution in [-0.4, -0.2) is 40.6 Å². The summed E-state index contributed by atoms with van der Waals surface area (Å²) < 4.78 is 20.6. The fraction of sp³-hybridized carbons (Fsp3) is 0.500. The Hall–Kier alpha value is -3.43. The number of likely N-dealkylation sites (tertiary alicyclic amines) is 1. The highest BCUT2D eigenvalue weighted by atomic mass is 32.1. The molecule has 2 aromatic rings. The molecule has 1 N–H and O–H groups in total. The molecular weight excluding hydrogens is 491 g/mol. The van der Waals surface area contributed by atoms with Gasteiger partial charge in [0.1, 0.15) is 34.4 Å². The number of carbonyl (C=O) groups excluding carboxylic acids is 2. The highest BCUT2D eigenvalue weighted by Crippen LogP contribution is 2.67. The van der Waals surface area contributed by atoms with Gasteiger partial charge in [0.15, 0.2) is 0 Å². The van der Waals surface area contributed by atoms with Crippen LogP contribution in [0, 0.1) is 52.2 Å². The molecule has 37 heavy (non-hydrogen) atoms. The summed E-state index contributed by atoms with van der Waals surface area (Å²) in [6, 6.07) is 10.7. The largest absolute Gasteiger partial charge is 0.444 e. The Labute approximate surface area is 219 Å². The van der Waals surface area contributed by atoms with Crippen LogP contribution < -0.4 is 5.32 Å². The van der Waals surface area contributed by atoms with Gasteiger partial charge in [-0.05, 0) is 80.2 Å². The van der Waals surface area contributed by atoms with E-state index in [1.165, 1.54) is 17.4 Å². The number of hydrogen-bond donors (Lipinski definition) is 1. The summed E-state index contributed by atoms with van der Waals surface area (Å²) in [5.74, 6) is 0.429. The number of thiophene rings is 1. The maximum atomic E-state index is 15.0. The number of hydrogen-bond acceptors (Lipinski definition) is 6. The second kappa shape index (κ2) is 9.15. The Morgan fingerprint density at radius 1 is 1.24 bits per heavy atom. The van der Waals surface area contributed by atoms with Gasteiger partial charge in [0.25, 0.3) is 0 Å². The van der Waals surface area contributed by atoms with E-state index in [0.29, 0.717) is 33.8 Å². The van der Waals surface area contributed by atoms with Crippen molar-refractivity contribution < 1.29 is 18.7 Å². The number of benzene rings is 1. The van der Waals surface area contributed by atoms with Crippen molar-refractivity contribution >= 4 is 23.3 Å². The number of nitrogens with one attached hydrogen (secondary N) is 1. The van der Waals surface area contributed by atoms with Crippen molar-refractivity contribution in [2.75, 3.05) is 0 Å². The molecular formula is C28H29FN4O3S. The first-order chi connectivity index (χ1) is 17.5. The predicted molar refractivity (Wildman–Crippen MR) is 136 cm³/mol. The van der Waals surface area contributed by atoms with Crippen LogP contribution in [0.1, 0.15) is 44.6 Å². The molecule has 2 aliphatic carbocycles. The third-order valence-corrected chi connectivity index (χ3v) is 8.89. The third-order valence-electron chi connectivity index (χ3n) is 7.86. The van der Waals surface area contributed by atoms with E-state index in [2.05, 4.69) is 24.4 Å². The number of halogens is 1. The summed E-state index contributed by atoms with van der Waals surface area (Å²) in [4.78, 5) is 29.5. The average molecular weight is 521 g/mol. The lowest BCUT2D eigenvalue weighted by atomic mass is 9.94. The second-order valence-electron chi connectivity index (χ2n) is 11.3. The topological polar surface area (TPSA) is 106 Å². The van der Waals surface area contributed by atoms with E-state index < -0.39 is 29.6 Å². The zero-order valence-electron chi connectivity index (χ0n) is 21.2. The van der Waals surface area contributed by atoms with Gasteiger partial charge >= 0.3 is 6.09 Å². The van der Waals surface area contributed by atoms with Crippen LogP contribution in [-0.2, 0) is 16.0 Å². The SMILES string of the molecule is C[C@H]1C2C1[C@@H]1C[C@H]2[C@@H](C(=O)N[C@H](C#N)Cc2ccc(-c3ccc(C#N)s3)cc2F)N1C(=O)OC(C)(C)C. The molecule has 2 heterocycles. The lowest BCUT2D eigenvalue weighted by Gasteiger charge is -2.35. The van der Waals surface area contributed by atoms with Gasteiger partial charge in [-0.2, -0.15) is 10.5 Å². The highest BCUT2D eigenvalue weighted by molar-refractivity contribution is 7.16. The average Bonchev–Trinajstić information content (AvgIpc) is 3.24. The monoisotopic (exact) mass is 520 g/mol. The molecule has 7 nitrogen and oxygen atoms in total. The fourth-order valence-electron chi connectivity index (χ4n) is 6.36. The van der Waals surface area contributed by atoms with Gasteiger partial charge in [-0.3, -0.25) is 9.69 Å². The Morgan fingerprint density at radius 3 is 2.62 bits per heavy atom. The van der Waals surface area contributed by atoms with Gasteiger partial charge in [0, 0.05) is 17.3 Å². The van der Waals surface area contributed by atoms with Crippen molar-refractivity contribution in [1.82, 2.24) is 10.2 Å². The number of piperidine rings is 1. The van der Waals surface area contributed by atoms with Crippen LogP contribution >= 0.6 is 11.3 Å². The Kier molecular flexibility index (Phi) is 6.24. The summed E-state index contributed by atoms with van der Waals surface area (Å²) in [7, 11) is 0. The molecule has 2 unspecified atom stereocenters. The van der Waals surface area contributed by atoms with Gasteiger partial charge in [0.05, 0.1) is 6.07 Å². The Morgan fingerprint density at radius 2 is 2.00 bits per heavy atom. The summed E-state index contributed by atoms with van der Waals surface area (Å²) in [6.07, 6.45) is 0.263. The van der Waals surface area contributed by atoms with Gasteiger partial charge in [0.2, 0.25) is 5.91 Å². The number of amides is 2. The molecule has 2 bridgehead atoms. The fourth-order valence-corrected chi connectivity index (χ4v) is 7.16. The van der Waals surface area contributed by atoms with Crippen LogP contribution in [0.25, 0.3) is 10.4 Å². The van der Waals surface area contributed by atoms with Gasteiger partial charge < -0.3 is 10.1 Å². The van der Waals surface area contributed by atoms with Crippen LogP contribution in [0.3, 0.4) is 0 Å². The van der Waals surface area contributed by atoms with Crippen LogP contribution in [0.15, 0.2) is 30.3 Å². The summed E-state index contributed by atoms with van der Waals surface area (Å²) >= 11 is 1.28. The molecule has 9 heteroatoms. The minimum atomic E-state index is -0.952. The van der Waals surface area contributed by atoms with E-state index in [0.717, 1.165) is 11.3 Å². The molecule has 0 spiro atoms. The molecule has 192 valence electrons. The molecule has 1 saturated heterocycles. The van der Waals surface area contributed by atoms with E-state index in [-0.39, 0.29) is 24.3 Å². The van der Waals surface area contributed by atoms with E-state index in [9.17, 15) is 19.2 Å². The number of ether oxygens (including phenoxy) is 1. The summed E-state index contributed by atoms with van der Waals surface area (Å²) in [5.41, 5.74) is 0.265. The van der Waals surface area contributed by atoms with Crippen molar-refractivity contribution in [2.24, 2.45) is 23.7 Å². The molecule has 7 atom stereocenters. The van der Waals surface area contributed by atoms with Crippen LogP contribution in [0.2, 0.25) is 0 Å². The van der Waals surface area contributed by atoms with Crippen molar-refractivity contribution in [3.63, 3.8) is 0 Å². The van der Waals surface area contributed by atoms with E-state index in [1.54, 1.807) is 49.9 Å². The van der Waals surface area contributed by atoms with Gasteiger partial charge in [-0.1, -0.05) is 19.1 Å². The number of fused-ring (bicyclic) bond motifs is 5.